The summed E-state index contributed by atoms with van der Waals surface area (Å²) < 4.78 is 0. The molecule has 0 aliphatic heterocycles. The van der Waals surface area contributed by atoms with Gasteiger partial charge >= 0.3 is 5.97 Å². The number of benzene rings is 1. The van der Waals surface area contributed by atoms with E-state index in [1.807, 2.05) is 18.2 Å². The minimum atomic E-state index is -0.719. The molecule has 1 aliphatic rings. The van der Waals surface area contributed by atoms with Gasteiger partial charge in [0.1, 0.15) is 0 Å². The predicted molar refractivity (Wildman–Crippen MR) is 68.5 cm³/mol. The quantitative estimate of drug-likeness (QED) is 0.864. The van der Waals surface area contributed by atoms with Crippen LogP contribution in [0, 0.1) is 5.92 Å². The van der Waals surface area contributed by atoms with E-state index in [-0.39, 0.29) is 12.3 Å². The average molecular weight is 253 g/mol. The number of halogens is 1. The van der Waals surface area contributed by atoms with Gasteiger partial charge in [-0.2, -0.15) is 0 Å². The van der Waals surface area contributed by atoms with Crippen molar-refractivity contribution in [3.05, 3.63) is 34.3 Å². The third kappa shape index (κ3) is 3.01. The molecule has 0 radical (unpaired) electrons. The van der Waals surface area contributed by atoms with Gasteiger partial charge in [0.2, 0.25) is 0 Å². The SMILES string of the molecule is CCc1ccc(Cl)cc1C(CC(=O)O)C1CC1. The van der Waals surface area contributed by atoms with Gasteiger partial charge in [-0.15, -0.1) is 0 Å². The predicted octanol–water partition coefficient (Wildman–Crippen LogP) is 3.87. The lowest BCUT2D eigenvalue weighted by Crippen LogP contribution is -2.10. The van der Waals surface area contributed by atoms with E-state index >= 15 is 0 Å². The molecule has 17 heavy (non-hydrogen) atoms. The smallest absolute Gasteiger partial charge is 0.303 e. The van der Waals surface area contributed by atoms with Crippen LogP contribution in [0.5, 0.6) is 0 Å². The molecule has 1 aromatic rings. The minimum absolute atomic E-state index is 0.140. The lowest BCUT2D eigenvalue weighted by molar-refractivity contribution is -0.137. The third-order valence-electron chi connectivity index (χ3n) is 3.47. The molecule has 1 atom stereocenters. The van der Waals surface area contributed by atoms with Crippen molar-refractivity contribution in [1.82, 2.24) is 0 Å². The van der Waals surface area contributed by atoms with Gasteiger partial charge in [0.15, 0.2) is 0 Å². The van der Waals surface area contributed by atoms with Gasteiger partial charge in [-0.05, 0) is 54.4 Å². The van der Waals surface area contributed by atoms with Crippen LogP contribution in [-0.2, 0) is 11.2 Å². The summed E-state index contributed by atoms with van der Waals surface area (Å²) in [6.07, 6.45) is 3.44. The topological polar surface area (TPSA) is 37.3 Å². The summed E-state index contributed by atoms with van der Waals surface area (Å²) in [6.45, 7) is 2.09. The van der Waals surface area contributed by atoms with Gasteiger partial charge in [0, 0.05) is 5.02 Å². The van der Waals surface area contributed by atoms with E-state index in [1.54, 1.807) is 0 Å². The molecule has 0 saturated heterocycles. The molecular weight excluding hydrogens is 236 g/mol. The van der Waals surface area contributed by atoms with Crippen molar-refractivity contribution in [1.29, 1.82) is 0 Å². The van der Waals surface area contributed by atoms with Gasteiger partial charge in [-0.1, -0.05) is 24.6 Å². The first-order chi connectivity index (χ1) is 8.11. The molecule has 0 amide bonds. The Labute approximate surface area is 107 Å². The normalized spacial score (nSPS) is 16.8. The lowest BCUT2D eigenvalue weighted by atomic mass is 9.87. The fourth-order valence-corrected chi connectivity index (χ4v) is 2.63. The Bertz CT molecular complexity index is 424. The van der Waals surface area contributed by atoms with E-state index in [4.69, 9.17) is 16.7 Å². The molecule has 1 N–H and O–H groups in total. The van der Waals surface area contributed by atoms with Crippen LogP contribution < -0.4 is 0 Å². The number of carboxylic acid groups (broad SMARTS) is 1. The average Bonchev–Trinajstić information content (AvgIpc) is 3.09. The zero-order valence-corrected chi connectivity index (χ0v) is 10.7. The van der Waals surface area contributed by atoms with Crippen LogP contribution in [-0.4, -0.2) is 11.1 Å². The number of carbonyl (C=O) groups is 1. The van der Waals surface area contributed by atoms with Gasteiger partial charge < -0.3 is 5.11 Å². The summed E-state index contributed by atoms with van der Waals surface area (Å²) in [5.74, 6) is -0.0417. The van der Waals surface area contributed by atoms with E-state index in [0.29, 0.717) is 10.9 Å². The number of rotatable bonds is 5. The van der Waals surface area contributed by atoms with Crippen molar-refractivity contribution in [3.8, 4) is 0 Å². The molecule has 1 aromatic carbocycles. The Morgan fingerprint density at radius 2 is 2.24 bits per heavy atom. The highest BCUT2D eigenvalue weighted by molar-refractivity contribution is 6.30. The Balaban J connectivity index is 2.33. The van der Waals surface area contributed by atoms with Crippen LogP contribution in [0.1, 0.15) is 43.2 Å². The number of carboxylic acids is 1. The summed E-state index contributed by atoms with van der Waals surface area (Å²) in [5.41, 5.74) is 2.37. The van der Waals surface area contributed by atoms with Crippen LogP contribution in [0.25, 0.3) is 0 Å². The van der Waals surface area contributed by atoms with Crippen molar-refractivity contribution in [3.63, 3.8) is 0 Å². The second-order valence-corrected chi connectivity index (χ2v) is 5.17. The Morgan fingerprint density at radius 3 is 2.76 bits per heavy atom. The summed E-state index contributed by atoms with van der Waals surface area (Å²) in [4.78, 5) is 11.0. The summed E-state index contributed by atoms with van der Waals surface area (Å²) in [7, 11) is 0. The van der Waals surface area contributed by atoms with Crippen molar-refractivity contribution in [2.24, 2.45) is 5.92 Å². The van der Waals surface area contributed by atoms with Crippen molar-refractivity contribution in [2.45, 2.75) is 38.5 Å². The van der Waals surface area contributed by atoms with Crippen molar-refractivity contribution >= 4 is 17.6 Å². The fourth-order valence-electron chi connectivity index (χ4n) is 2.45. The molecule has 1 saturated carbocycles. The molecular formula is C14H17ClO2. The maximum atomic E-state index is 11.0. The van der Waals surface area contributed by atoms with Crippen molar-refractivity contribution in [2.75, 3.05) is 0 Å². The maximum Gasteiger partial charge on any atom is 0.303 e. The highest BCUT2D eigenvalue weighted by atomic mass is 35.5. The van der Waals surface area contributed by atoms with E-state index in [2.05, 4.69) is 6.92 Å². The number of aryl methyl sites for hydroxylation is 1. The van der Waals surface area contributed by atoms with Crippen LogP contribution in [0.15, 0.2) is 18.2 Å². The Hall–Kier alpha value is -1.02. The second-order valence-electron chi connectivity index (χ2n) is 4.74. The van der Waals surface area contributed by atoms with Gasteiger partial charge in [0.25, 0.3) is 0 Å². The lowest BCUT2D eigenvalue weighted by Gasteiger charge is -2.18. The molecule has 0 aromatic heterocycles. The zero-order valence-electron chi connectivity index (χ0n) is 9.95. The zero-order chi connectivity index (χ0) is 12.4. The van der Waals surface area contributed by atoms with Gasteiger partial charge in [-0.3, -0.25) is 4.79 Å². The first-order valence-electron chi connectivity index (χ1n) is 6.12. The molecule has 92 valence electrons. The number of aliphatic carboxylic acids is 1. The molecule has 0 heterocycles. The summed E-state index contributed by atoms with van der Waals surface area (Å²) in [5, 5.41) is 9.72. The van der Waals surface area contributed by atoms with Crippen LogP contribution in [0.3, 0.4) is 0 Å². The van der Waals surface area contributed by atoms with Crippen LogP contribution in [0.4, 0.5) is 0 Å². The summed E-state index contributed by atoms with van der Waals surface area (Å²) in [6, 6.07) is 5.86. The molecule has 2 nitrogen and oxygen atoms in total. The highest BCUT2D eigenvalue weighted by Crippen LogP contribution is 2.45. The van der Waals surface area contributed by atoms with Gasteiger partial charge in [0.05, 0.1) is 6.42 Å². The van der Waals surface area contributed by atoms with Crippen molar-refractivity contribution < 1.29 is 9.90 Å². The monoisotopic (exact) mass is 252 g/mol. The molecule has 0 spiro atoms. The highest BCUT2D eigenvalue weighted by Gasteiger charge is 2.34. The first-order valence-corrected chi connectivity index (χ1v) is 6.49. The Morgan fingerprint density at radius 1 is 1.53 bits per heavy atom. The third-order valence-corrected chi connectivity index (χ3v) is 3.71. The van der Waals surface area contributed by atoms with E-state index < -0.39 is 5.97 Å². The minimum Gasteiger partial charge on any atom is -0.481 e. The fraction of sp³-hybridized carbons (Fsp3) is 0.500. The molecule has 1 unspecified atom stereocenters. The van der Waals surface area contributed by atoms with Gasteiger partial charge in [-0.25, -0.2) is 0 Å². The van der Waals surface area contributed by atoms with E-state index in [9.17, 15) is 4.79 Å². The standard InChI is InChI=1S/C14H17ClO2/c1-2-9-5-6-11(15)7-12(9)13(8-14(16)17)10-3-4-10/h5-7,10,13H,2-4,8H2,1H3,(H,16,17). The molecule has 1 fully saturated rings. The van der Waals surface area contributed by atoms with Crippen LogP contribution >= 0.6 is 11.6 Å². The first kappa shape index (κ1) is 12.4. The van der Waals surface area contributed by atoms with Crippen LogP contribution in [0.2, 0.25) is 5.02 Å². The number of hydrogen-bond donors (Lipinski definition) is 1. The van der Waals surface area contributed by atoms with E-state index in [0.717, 1.165) is 24.8 Å². The Kier molecular flexibility index (Phi) is 3.72. The second kappa shape index (κ2) is 5.09. The van der Waals surface area contributed by atoms with E-state index in [1.165, 1.54) is 5.56 Å². The summed E-state index contributed by atoms with van der Waals surface area (Å²) >= 11 is 6.03. The molecule has 2 rings (SSSR count). The molecule has 0 bridgehead atoms. The largest absolute Gasteiger partial charge is 0.481 e. The maximum absolute atomic E-state index is 11.0. The number of hydrogen-bond acceptors (Lipinski definition) is 1. The molecule has 3 heteroatoms. The molecule has 1 aliphatic carbocycles.